The van der Waals surface area contributed by atoms with Gasteiger partial charge < -0.3 is 14.7 Å². The van der Waals surface area contributed by atoms with Crippen LogP contribution in [0.4, 0.5) is 0 Å². The Morgan fingerprint density at radius 1 is 0.921 bits per heavy atom. The molecule has 0 aliphatic carbocycles. The van der Waals surface area contributed by atoms with Gasteiger partial charge in [-0.05, 0) is 53.6 Å². The highest BCUT2D eigenvalue weighted by Crippen LogP contribution is 2.41. The Bertz CT molecular complexity index is 1210. The van der Waals surface area contributed by atoms with Crippen molar-refractivity contribution >= 4 is 11.9 Å². The number of amides is 1. The van der Waals surface area contributed by atoms with Crippen molar-refractivity contribution in [3.8, 4) is 18.1 Å². The minimum absolute atomic E-state index is 0.0186. The van der Waals surface area contributed by atoms with E-state index in [1.54, 1.807) is 12.1 Å². The molecule has 0 saturated carbocycles. The topological polar surface area (TPSA) is 66.8 Å². The number of unbranched alkanes of at least 4 members (excludes halogenated alkanes) is 1. The summed E-state index contributed by atoms with van der Waals surface area (Å²) in [4.78, 5) is 26.7. The van der Waals surface area contributed by atoms with Gasteiger partial charge in [0.1, 0.15) is 5.75 Å². The van der Waals surface area contributed by atoms with Gasteiger partial charge in [-0.1, -0.05) is 87.0 Å². The number of hydrogen-bond donors (Lipinski definition) is 1. The second-order valence-corrected chi connectivity index (χ2v) is 9.39. The molecule has 0 radical (unpaired) electrons. The first-order valence-electron chi connectivity index (χ1n) is 13.3. The highest BCUT2D eigenvalue weighted by atomic mass is 16.5. The van der Waals surface area contributed by atoms with Crippen LogP contribution in [0.2, 0.25) is 0 Å². The fourth-order valence-electron chi connectivity index (χ4n) is 4.89. The predicted octanol–water partition coefficient (Wildman–Crippen LogP) is 6.59. The lowest BCUT2D eigenvalue weighted by atomic mass is 9.78. The van der Waals surface area contributed by atoms with E-state index in [9.17, 15) is 9.59 Å². The van der Waals surface area contributed by atoms with Crippen LogP contribution in [-0.4, -0.2) is 28.5 Å². The number of rotatable bonds is 14. The summed E-state index contributed by atoms with van der Waals surface area (Å²) in [5, 5.41) is 8.89. The second kappa shape index (κ2) is 14.0. The summed E-state index contributed by atoms with van der Waals surface area (Å²) in [6, 6.07) is 26.1. The van der Waals surface area contributed by atoms with Gasteiger partial charge in [-0.15, -0.1) is 12.3 Å². The SMILES string of the molecule is C#CCCC(=O)N(Cc1ccc(OCC(=O)O)cc1)C(CC)(c1ccccc1)c1ccc(CCCC)cc1. The molecule has 0 fully saturated rings. The van der Waals surface area contributed by atoms with Crippen molar-refractivity contribution in [2.45, 2.75) is 64.5 Å². The second-order valence-electron chi connectivity index (χ2n) is 9.39. The van der Waals surface area contributed by atoms with Gasteiger partial charge in [0.2, 0.25) is 5.91 Å². The van der Waals surface area contributed by atoms with Crippen LogP contribution in [0.25, 0.3) is 0 Å². The molecule has 0 aromatic heterocycles. The maximum absolute atomic E-state index is 13.9. The van der Waals surface area contributed by atoms with Crippen molar-refractivity contribution in [3.63, 3.8) is 0 Å². The largest absolute Gasteiger partial charge is 0.482 e. The first-order chi connectivity index (χ1) is 18.4. The first-order valence-corrected chi connectivity index (χ1v) is 13.3. The molecule has 0 spiro atoms. The average Bonchev–Trinajstić information content (AvgIpc) is 2.95. The van der Waals surface area contributed by atoms with E-state index in [0.29, 0.717) is 25.1 Å². The fourth-order valence-corrected chi connectivity index (χ4v) is 4.89. The number of terminal acetylenes is 1. The van der Waals surface area contributed by atoms with Crippen molar-refractivity contribution in [1.82, 2.24) is 4.90 Å². The van der Waals surface area contributed by atoms with Crippen LogP contribution < -0.4 is 4.74 Å². The van der Waals surface area contributed by atoms with Gasteiger partial charge in [0, 0.05) is 19.4 Å². The van der Waals surface area contributed by atoms with Crippen molar-refractivity contribution in [1.29, 1.82) is 0 Å². The summed E-state index contributed by atoms with van der Waals surface area (Å²) in [5.41, 5.74) is 3.60. The summed E-state index contributed by atoms with van der Waals surface area (Å²) in [6.45, 7) is 4.26. The number of nitrogens with zero attached hydrogens (tertiary/aromatic N) is 1. The van der Waals surface area contributed by atoms with E-state index in [2.05, 4.69) is 56.2 Å². The third kappa shape index (κ3) is 7.04. The fraction of sp³-hybridized carbons (Fsp3) is 0.333. The number of aryl methyl sites for hydroxylation is 1. The van der Waals surface area contributed by atoms with Gasteiger partial charge in [0.05, 0.1) is 5.54 Å². The number of carboxylic acid groups (broad SMARTS) is 1. The molecule has 1 amide bonds. The molecular weight excluding hydrogens is 474 g/mol. The zero-order chi connectivity index (χ0) is 27.4. The molecule has 0 aliphatic heterocycles. The molecule has 1 atom stereocenters. The first kappa shape index (κ1) is 28.5. The summed E-state index contributed by atoms with van der Waals surface area (Å²) in [7, 11) is 0. The van der Waals surface area contributed by atoms with E-state index < -0.39 is 18.1 Å². The molecular formula is C33H37NO4. The average molecular weight is 512 g/mol. The maximum atomic E-state index is 13.9. The van der Waals surface area contributed by atoms with Gasteiger partial charge in [0.15, 0.2) is 6.61 Å². The lowest BCUT2D eigenvalue weighted by molar-refractivity contribution is -0.139. The van der Waals surface area contributed by atoms with Crippen LogP contribution in [0.5, 0.6) is 5.75 Å². The summed E-state index contributed by atoms with van der Waals surface area (Å²) in [6.07, 6.45) is 10.1. The van der Waals surface area contributed by atoms with Crippen molar-refractivity contribution in [3.05, 3.63) is 101 Å². The zero-order valence-electron chi connectivity index (χ0n) is 22.4. The molecule has 5 heteroatoms. The smallest absolute Gasteiger partial charge is 0.341 e. The van der Waals surface area contributed by atoms with E-state index in [1.165, 1.54) is 5.56 Å². The predicted molar refractivity (Wildman–Crippen MR) is 151 cm³/mol. The third-order valence-corrected chi connectivity index (χ3v) is 6.88. The van der Waals surface area contributed by atoms with E-state index in [4.69, 9.17) is 16.3 Å². The molecule has 0 aliphatic rings. The van der Waals surface area contributed by atoms with Crippen molar-refractivity contribution < 1.29 is 19.4 Å². The van der Waals surface area contributed by atoms with Crippen LogP contribution in [-0.2, 0) is 28.1 Å². The zero-order valence-corrected chi connectivity index (χ0v) is 22.4. The molecule has 198 valence electrons. The molecule has 3 rings (SSSR count). The number of carbonyl (C=O) groups is 2. The Kier molecular flexibility index (Phi) is 10.5. The van der Waals surface area contributed by atoms with Crippen molar-refractivity contribution in [2.24, 2.45) is 0 Å². The quantitative estimate of drug-likeness (QED) is 0.248. The molecule has 5 nitrogen and oxygen atoms in total. The Hall–Kier alpha value is -4.04. The van der Waals surface area contributed by atoms with Crippen LogP contribution in [0.1, 0.15) is 68.2 Å². The Labute approximate surface area is 226 Å². The normalized spacial score (nSPS) is 12.2. The Morgan fingerprint density at radius 3 is 2.13 bits per heavy atom. The highest BCUT2D eigenvalue weighted by molar-refractivity contribution is 5.78. The van der Waals surface area contributed by atoms with Gasteiger partial charge >= 0.3 is 5.97 Å². The van der Waals surface area contributed by atoms with Crippen LogP contribution in [0.15, 0.2) is 78.9 Å². The van der Waals surface area contributed by atoms with E-state index in [1.807, 2.05) is 35.2 Å². The summed E-state index contributed by atoms with van der Waals surface area (Å²) in [5.74, 6) is 2.03. The minimum Gasteiger partial charge on any atom is -0.482 e. The molecule has 3 aromatic rings. The van der Waals surface area contributed by atoms with E-state index >= 15 is 0 Å². The molecule has 3 aromatic carbocycles. The van der Waals surface area contributed by atoms with E-state index in [0.717, 1.165) is 36.0 Å². The van der Waals surface area contributed by atoms with Crippen LogP contribution >= 0.6 is 0 Å². The lowest BCUT2D eigenvalue weighted by Crippen LogP contribution is -2.49. The van der Waals surface area contributed by atoms with Crippen LogP contribution in [0, 0.1) is 12.3 Å². The lowest BCUT2D eigenvalue weighted by Gasteiger charge is -2.45. The molecule has 0 saturated heterocycles. The molecule has 1 N–H and O–H groups in total. The number of aliphatic carboxylic acids is 1. The maximum Gasteiger partial charge on any atom is 0.341 e. The molecule has 0 heterocycles. The standard InChI is InChI=1S/C33H37NO4/c1-4-7-12-26-16-20-29(21-17-26)33(6-3,28-13-10-9-11-14-28)34(31(35)15-8-5-2)24-27-18-22-30(23-19-27)38-25-32(36)37/h2,9-11,13-14,16-23H,4,6-8,12,15,24-25H2,1,3H3,(H,36,37). The van der Waals surface area contributed by atoms with Crippen molar-refractivity contribution in [2.75, 3.05) is 6.61 Å². The molecule has 38 heavy (non-hydrogen) atoms. The summed E-state index contributed by atoms with van der Waals surface area (Å²) >= 11 is 0. The Balaban J connectivity index is 2.08. The van der Waals surface area contributed by atoms with E-state index in [-0.39, 0.29) is 12.3 Å². The van der Waals surface area contributed by atoms with Gasteiger partial charge in [-0.3, -0.25) is 4.79 Å². The Morgan fingerprint density at radius 2 is 1.55 bits per heavy atom. The number of carbonyl (C=O) groups excluding carboxylic acids is 1. The number of hydrogen-bond acceptors (Lipinski definition) is 3. The number of ether oxygens (including phenoxy) is 1. The van der Waals surface area contributed by atoms with Gasteiger partial charge in [-0.25, -0.2) is 4.79 Å². The molecule has 0 bridgehead atoms. The van der Waals surface area contributed by atoms with Gasteiger partial charge in [-0.2, -0.15) is 0 Å². The minimum atomic E-state index is -1.03. The molecule has 1 unspecified atom stereocenters. The third-order valence-electron chi connectivity index (χ3n) is 6.88. The van der Waals surface area contributed by atoms with Gasteiger partial charge in [0.25, 0.3) is 0 Å². The number of carboxylic acids is 1. The summed E-state index contributed by atoms with van der Waals surface area (Å²) < 4.78 is 5.29. The highest BCUT2D eigenvalue weighted by Gasteiger charge is 2.41. The van der Waals surface area contributed by atoms with Crippen LogP contribution in [0.3, 0.4) is 0 Å². The monoisotopic (exact) mass is 511 g/mol. The number of benzene rings is 3.